The number of benzene rings is 1. The largest absolute Gasteiger partial charge is 0.403 e. The fourth-order valence-electron chi connectivity index (χ4n) is 3.96. The Labute approximate surface area is 180 Å². The first-order valence-corrected chi connectivity index (χ1v) is 10.1. The zero-order valence-electron chi connectivity index (χ0n) is 16.0. The molecule has 4 aromatic heterocycles. The highest BCUT2D eigenvalue weighted by Gasteiger charge is 2.36. The summed E-state index contributed by atoms with van der Waals surface area (Å²) < 4.78 is 20.9. The van der Waals surface area contributed by atoms with Crippen LogP contribution in [0.4, 0.5) is 10.4 Å². The van der Waals surface area contributed by atoms with Crippen LogP contribution in [0.1, 0.15) is 23.1 Å². The first-order chi connectivity index (χ1) is 15.2. The number of nitrogens with one attached hydrogen (secondary N) is 1. The van der Waals surface area contributed by atoms with Crippen LogP contribution >= 0.6 is 11.6 Å². The summed E-state index contributed by atoms with van der Waals surface area (Å²) in [6.45, 7) is 0.631. The summed E-state index contributed by atoms with van der Waals surface area (Å²) in [6.07, 6.45) is 2.43. The van der Waals surface area contributed by atoms with E-state index in [0.717, 1.165) is 29.0 Å². The van der Waals surface area contributed by atoms with Gasteiger partial charge in [-0.25, -0.2) is 13.9 Å². The van der Waals surface area contributed by atoms with Gasteiger partial charge in [0.1, 0.15) is 17.0 Å². The number of pyridine rings is 1. The molecule has 0 aliphatic carbocycles. The van der Waals surface area contributed by atoms with Gasteiger partial charge in [-0.3, -0.25) is 0 Å². The van der Waals surface area contributed by atoms with Crippen molar-refractivity contribution in [2.45, 2.75) is 12.5 Å². The van der Waals surface area contributed by atoms with Gasteiger partial charge in [0, 0.05) is 24.2 Å². The quantitative estimate of drug-likeness (QED) is 0.430. The van der Waals surface area contributed by atoms with E-state index < -0.39 is 0 Å². The Balaban J connectivity index is 1.44. The van der Waals surface area contributed by atoms with E-state index in [4.69, 9.17) is 21.1 Å². The number of halogens is 2. The summed E-state index contributed by atoms with van der Waals surface area (Å²) in [5.41, 5.74) is 4.19. The standard InChI is InChI=1S/C21H15ClFN7O/c22-17-3-1-2-14-10-16(28-30(14)17)19-18-15(24-11-25-18)8-9-29(19)21-27-26-20(31-21)12-4-6-13(23)7-5-12/h1-7,10-11,19H,8-9H2,(H,24,25)/t19-/m0/s1. The van der Waals surface area contributed by atoms with E-state index in [2.05, 4.69) is 20.2 Å². The number of imidazole rings is 1. The van der Waals surface area contributed by atoms with Crippen LogP contribution in [0.5, 0.6) is 0 Å². The van der Waals surface area contributed by atoms with Gasteiger partial charge in [-0.1, -0.05) is 22.8 Å². The molecule has 1 atom stereocenters. The van der Waals surface area contributed by atoms with Crippen molar-refractivity contribution in [1.82, 2.24) is 29.8 Å². The molecule has 0 bridgehead atoms. The Morgan fingerprint density at radius 2 is 2.00 bits per heavy atom. The number of fused-ring (bicyclic) bond motifs is 2. The number of H-pyrrole nitrogens is 1. The van der Waals surface area contributed by atoms with Crippen LogP contribution in [-0.2, 0) is 6.42 Å². The molecule has 5 heterocycles. The number of nitrogens with zero attached hydrogens (tertiary/aromatic N) is 6. The first-order valence-electron chi connectivity index (χ1n) is 9.70. The Morgan fingerprint density at radius 1 is 1.13 bits per heavy atom. The summed E-state index contributed by atoms with van der Waals surface area (Å²) in [5, 5.41) is 13.7. The molecule has 8 nitrogen and oxygen atoms in total. The van der Waals surface area contributed by atoms with Crippen LogP contribution in [0.2, 0.25) is 5.15 Å². The number of hydrogen-bond acceptors (Lipinski definition) is 6. The monoisotopic (exact) mass is 435 g/mol. The molecular formula is C21H15ClFN7O. The minimum absolute atomic E-state index is 0.319. The molecule has 0 fully saturated rings. The molecule has 5 aromatic rings. The van der Waals surface area contributed by atoms with Gasteiger partial charge in [0.2, 0.25) is 5.89 Å². The van der Waals surface area contributed by atoms with E-state index in [-0.39, 0.29) is 11.9 Å². The molecule has 1 aromatic carbocycles. The maximum atomic E-state index is 13.3. The zero-order chi connectivity index (χ0) is 20.9. The molecule has 0 spiro atoms. The lowest BCUT2D eigenvalue weighted by molar-refractivity contribution is 0.503. The summed E-state index contributed by atoms with van der Waals surface area (Å²) in [7, 11) is 0. The van der Waals surface area contributed by atoms with E-state index in [1.807, 2.05) is 23.1 Å². The molecule has 1 N–H and O–H groups in total. The lowest BCUT2D eigenvalue weighted by atomic mass is 10.0. The van der Waals surface area contributed by atoms with Crippen molar-refractivity contribution < 1.29 is 8.81 Å². The van der Waals surface area contributed by atoms with Gasteiger partial charge in [-0.15, -0.1) is 5.10 Å². The van der Waals surface area contributed by atoms with Crippen LogP contribution in [0, 0.1) is 5.82 Å². The average molecular weight is 436 g/mol. The van der Waals surface area contributed by atoms with Crippen molar-refractivity contribution in [3.05, 3.63) is 82.9 Å². The van der Waals surface area contributed by atoms with Crippen LogP contribution in [-0.4, -0.2) is 36.3 Å². The Kier molecular flexibility index (Phi) is 4.03. The predicted octanol–water partition coefficient (Wildman–Crippen LogP) is 4.05. The Hall–Kier alpha value is -3.72. The average Bonchev–Trinajstić information content (AvgIpc) is 3.52. The van der Waals surface area contributed by atoms with Gasteiger partial charge in [0.25, 0.3) is 0 Å². The van der Waals surface area contributed by atoms with E-state index in [0.29, 0.717) is 29.2 Å². The highest BCUT2D eigenvalue weighted by Crippen LogP contribution is 2.37. The van der Waals surface area contributed by atoms with Crippen molar-refractivity contribution in [1.29, 1.82) is 0 Å². The van der Waals surface area contributed by atoms with Crippen LogP contribution < -0.4 is 4.90 Å². The minimum atomic E-state index is -0.326. The lowest BCUT2D eigenvalue weighted by Crippen LogP contribution is -2.36. The fraction of sp³-hybridized carbons (Fsp3) is 0.143. The molecule has 6 rings (SSSR count). The second-order valence-electron chi connectivity index (χ2n) is 7.26. The van der Waals surface area contributed by atoms with E-state index in [1.54, 1.807) is 29.0 Å². The SMILES string of the molecule is Fc1ccc(-c2nnc(N3CCc4[nH]cnc4[C@@H]3c3cc4cccc(Cl)n4n3)o2)cc1. The second-order valence-corrected chi connectivity index (χ2v) is 7.65. The predicted molar refractivity (Wildman–Crippen MR) is 111 cm³/mol. The Bertz CT molecular complexity index is 1390. The molecule has 0 saturated carbocycles. The molecule has 0 unspecified atom stereocenters. The van der Waals surface area contributed by atoms with E-state index in [1.165, 1.54) is 12.1 Å². The molecule has 31 heavy (non-hydrogen) atoms. The summed E-state index contributed by atoms with van der Waals surface area (Å²) in [5.74, 6) is -0.00391. The maximum absolute atomic E-state index is 13.3. The highest BCUT2D eigenvalue weighted by molar-refractivity contribution is 6.29. The molecule has 1 aliphatic rings. The molecule has 0 radical (unpaired) electrons. The third-order valence-electron chi connectivity index (χ3n) is 5.42. The fourth-order valence-corrected chi connectivity index (χ4v) is 4.17. The third kappa shape index (κ3) is 2.97. The van der Waals surface area contributed by atoms with Crippen molar-refractivity contribution >= 4 is 23.1 Å². The van der Waals surface area contributed by atoms with E-state index >= 15 is 0 Å². The van der Waals surface area contributed by atoms with Crippen LogP contribution in [0.25, 0.3) is 17.0 Å². The molecular weight excluding hydrogens is 421 g/mol. The van der Waals surface area contributed by atoms with Gasteiger partial charge in [0.15, 0.2) is 0 Å². The summed E-state index contributed by atoms with van der Waals surface area (Å²) in [6, 6.07) is 13.6. The van der Waals surface area contributed by atoms with Crippen molar-refractivity contribution in [2.24, 2.45) is 0 Å². The molecule has 0 amide bonds. The maximum Gasteiger partial charge on any atom is 0.319 e. The molecule has 154 valence electrons. The number of aromatic nitrogens is 6. The van der Waals surface area contributed by atoms with Gasteiger partial charge >= 0.3 is 6.01 Å². The van der Waals surface area contributed by atoms with Gasteiger partial charge in [-0.05, 0) is 42.5 Å². The third-order valence-corrected chi connectivity index (χ3v) is 5.70. The van der Waals surface area contributed by atoms with E-state index in [9.17, 15) is 4.39 Å². The van der Waals surface area contributed by atoms with Gasteiger partial charge in [-0.2, -0.15) is 5.10 Å². The smallest absolute Gasteiger partial charge is 0.319 e. The second kappa shape index (κ2) is 6.92. The van der Waals surface area contributed by atoms with Crippen LogP contribution in [0.3, 0.4) is 0 Å². The molecule has 10 heteroatoms. The Morgan fingerprint density at radius 3 is 2.84 bits per heavy atom. The number of aromatic amines is 1. The zero-order valence-corrected chi connectivity index (χ0v) is 16.8. The summed E-state index contributed by atoms with van der Waals surface area (Å²) in [4.78, 5) is 9.74. The highest BCUT2D eigenvalue weighted by atomic mass is 35.5. The van der Waals surface area contributed by atoms with Crippen molar-refractivity contribution in [3.8, 4) is 11.5 Å². The first kappa shape index (κ1) is 18.1. The van der Waals surface area contributed by atoms with Gasteiger partial charge in [0.05, 0.1) is 23.2 Å². The van der Waals surface area contributed by atoms with Crippen LogP contribution in [0.15, 0.2) is 59.3 Å². The van der Waals surface area contributed by atoms with Crippen molar-refractivity contribution in [2.75, 3.05) is 11.4 Å². The molecule has 0 saturated heterocycles. The number of rotatable bonds is 3. The summed E-state index contributed by atoms with van der Waals surface area (Å²) >= 11 is 6.32. The molecule has 1 aliphatic heterocycles. The number of hydrogen-bond donors (Lipinski definition) is 1. The minimum Gasteiger partial charge on any atom is -0.403 e. The van der Waals surface area contributed by atoms with Gasteiger partial charge < -0.3 is 14.3 Å². The lowest BCUT2D eigenvalue weighted by Gasteiger charge is -2.32. The number of anilines is 1. The van der Waals surface area contributed by atoms with Crippen molar-refractivity contribution in [3.63, 3.8) is 0 Å². The normalized spacial score (nSPS) is 16.1. The topological polar surface area (TPSA) is 88.1 Å².